The second-order valence-corrected chi connectivity index (χ2v) is 6.64. The molecule has 0 spiro atoms. The predicted octanol–water partition coefficient (Wildman–Crippen LogP) is 4.21. The van der Waals surface area contributed by atoms with Crippen molar-refractivity contribution in [3.63, 3.8) is 0 Å². The lowest BCUT2D eigenvalue weighted by Gasteiger charge is -2.06. The average Bonchev–Trinajstić information content (AvgIpc) is 2.70. The molecule has 0 amide bonds. The topological polar surface area (TPSA) is 105 Å². The van der Waals surface area contributed by atoms with Gasteiger partial charge in [-0.1, -0.05) is 25.7 Å². The average molecular weight is 384 g/mol. The van der Waals surface area contributed by atoms with E-state index in [2.05, 4.69) is 0 Å². The van der Waals surface area contributed by atoms with E-state index in [1.807, 2.05) is 0 Å². The van der Waals surface area contributed by atoms with Crippen molar-refractivity contribution in [3.8, 4) is 0 Å². The molecule has 0 heterocycles. The van der Waals surface area contributed by atoms with Gasteiger partial charge in [-0.15, -0.1) is 0 Å². The third-order valence-corrected chi connectivity index (χ3v) is 4.30. The number of hydrogen-bond acceptors (Lipinski definition) is 6. The summed E-state index contributed by atoms with van der Waals surface area (Å²) in [5.41, 5.74) is 13.5. The lowest BCUT2D eigenvalue weighted by Crippen LogP contribution is -2.07. The number of benzene rings is 2. The monoisotopic (exact) mass is 384 g/mol. The van der Waals surface area contributed by atoms with Crippen molar-refractivity contribution in [1.29, 1.82) is 0 Å². The zero-order valence-corrected chi connectivity index (χ0v) is 16.1. The minimum atomic E-state index is -0.317. The Morgan fingerprint density at radius 3 is 1.25 bits per heavy atom. The second-order valence-electron chi connectivity index (χ2n) is 6.64. The highest BCUT2D eigenvalue weighted by Gasteiger charge is 2.07. The van der Waals surface area contributed by atoms with Crippen LogP contribution in [0.1, 0.15) is 59.2 Å². The zero-order chi connectivity index (χ0) is 20.2. The van der Waals surface area contributed by atoms with E-state index >= 15 is 0 Å². The van der Waals surface area contributed by atoms with Crippen molar-refractivity contribution in [2.45, 2.75) is 38.5 Å². The standard InChI is InChI=1S/C22H28N2O4/c23-19-11-7-17(8-12-19)21(25)27-15-5-3-1-2-4-6-16-28-22(26)18-9-13-20(24)14-10-18/h7-14H,1-6,15-16,23-24H2. The van der Waals surface area contributed by atoms with E-state index in [9.17, 15) is 9.59 Å². The molecule has 0 unspecified atom stereocenters. The molecule has 0 fully saturated rings. The molecule has 2 aromatic carbocycles. The van der Waals surface area contributed by atoms with Gasteiger partial charge in [-0.3, -0.25) is 0 Å². The van der Waals surface area contributed by atoms with Crippen LogP contribution >= 0.6 is 0 Å². The molecule has 6 heteroatoms. The van der Waals surface area contributed by atoms with Crippen LogP contribution in [0.15, 0.2) is 48.5 Å². The fraction of sp³-hybridized carbons (Fsp3) is 0.364. The van der Waals surface area contributed by atoms with Crippen LogP contribution in [-0.2, 0) is 9.47 Å². The van der Waals surface area contributed by atoms with Crippen LogP contribution in [0.3, 0.4) is 0 Å². The molecule has 0 aliphatic carbocycles. The molecule has 0 aliphatic heterocycles. The highest BCUT2D eigenvalue weighted by Crippen LogP contribution is 2.10. The van der Waals surface area contributed by atoms with Crippen LogP contribution in [0.2, 0.25) is 0 Å². The molecule has 0 aliphatic rings. The first-order valence-electron chi connectivity index (χ1n) is 9.61. The summed E-state index contributed by atoms with van der Waals surface area (Å²) in [5, 5.41) is 0. The minimum absolute atomic E-state index is 0.317. The SMILES string of the molecule is Nc1ccc(C(=O)OCCCCCCCCOC(=O)c2ccc(N)cc2)cc1. The van der Waals surface area contributed by atoms with Crippen molar-refractivity contribution >= 4 is 23.3 Å². The van der Waals surface area contributed by atoms with Gasteiger partial charge in [0.15, 0.2) is 0 Å². The number of unbranched alkanes of at least 4 members (excludes halogenated alkanes) is 5. The lowest BCUT2D eigenvalue weighted by molar-refractivity contribution is 0.0484. The summed E-state index contributed by atoms with van der Waals surface area (Å²) in [7, 11) is 0. The fourth-order valence-corrected chi connectivity index (χ4v) is 2.65. The number of ether oxygens (including phenoxy) is 2. The van der Waals surface area contributed by atoms with Gasteiger partial charge in [-0.2, -0.15) is 0 Å². The maximum atomic E-state index is 11.8. The molecule has 0 bridgehead atoms. The Hall–Kier alpha value is -3.02. The molecule has 28 heavy (non-hydrogen) atoms. The summed E-state index contributed by atoms with van der Waals surface area (Å²) >= 11 is 0. The molecule has 4 N–H and O–H groups in total. The molecule has 6 nitrogen and oxygen atoms in total. The Morgan fingerprint density at radius 1 is 0.571 bits per heavy atom. The van der Waals surface area contributed by atoms with Gasteiger partial charge in [0.2, 0.25) is 0 Å². The molecule has 2 rings (SSSR count). The molecule has 0 aromatic heterocycles. The molecule has 0 radical (unpaired) electrons. The van der Waals surface area contributed by atoms with Crippen LogP contribution in [-0.4, -0.2) is 25.2 Å². The lowest BCUT2D eigenvalue weighted by atomic mass is 10.1. The Balaban J connectivity index is 1.44. The van der Waals surface area contributed by atoms with E-state index in [1.165, 1.54) is 0 Å². The summed E-state index contributed by atoms with van der Waals surface area (Å²) in [4.78, 5) is 23.7. The van der Waals surface area contributed by atoms with Gasteiger partial charge >= 0.3 is 11.9 Å². The van der Waals surface area contributed by atoms with Gasteiger partial charge in [-0.25, -0.2) is 9.59 Å². The smallest absolute Gasteiger partial charge is 0.338 e. The van der Waals surface area contributed by atoms with Crippen molar-refractivity contribution < 1.29 is 19.1 Å². The van der Waals surface area contributed by atoms with Crippen LogP contribution < -0.4 is 11.5 Å². The third-order valence-electron chi connectivity index (χ3n) is 4.30. The Kier molecular flexibility index (Phi) is 8.85. The number of nitrogens with two attached hydrogens (primary N) is 2. The Labute approximate surface area is 165 Å². The highest BCUT2D eigenvalue weighted by molar-refractivity contribution is 5.90. The van der Waals surface area contributed by atoms with Crippen molar-refractivity contribution in [2.24, 2.45) is 0 Å². The van der Waals surface area contributed by atoms with Gasteiger partial charge in [-0.05, 0) is 61.4 Å². The molecule has 2 aromatic rings. The normalized spacial score (nSPS) is 10.4. The Bertz CT molecular complexity index is 677. The summed E-state index contributed by atoms with van der Waals surface area (Å²) in [6, 6.07) is 13.4. The van der Waals surface area contributed by atoms with Crippen molar-refractivity contribution in [2.75, 3.05) is 24.7 Å². The second kappa shape index (κ2) is 11.6. The fourth-order valence-electron chi connectivity index (χ4n) is 2.65. The van der Waals surface area contributed by atoms with Crippen molar-refractivity contribution in [3.05, 3.63) is 59.7 Å². The molecular weight excluding hydrogens is 356 g/mol. The molecule has 0 atom stereocenters. The number of esters is 2. The van der Waals surface area contributed by atoms with Crippen molar-refractivity contribution in [1.82, 2.24) is 0 Å². The third kappa shape index (κ3) is 7.70. The maximum Gasteiger partial charge on any atom is 0.338 e. The van der Waals surface area contributed by atoms with Gasteiger partial charge in [0.05, 0.1) is 24.3 Å². The number of carbonyl (C=O) groups is 2. The van der Waals surface area contributed by atoms with Crippen LogP contribution in [0.5, 0.6) is 0 Å². The summed E-state index contributed by atoms with van der Waals surface area (Å²) < 4.78 is 10.5. The number of nitrogen functional groups attached to an aromatic ring is 2. The molecular formula is C22H28N2O4. The predicted molar refractivity (Wildman–Crippen MR) is 110 cm³/mol. The minimum Gasteiger partial charge on any atom is -0.462 e. The summed E-state index contributed by atoms with van der Waals surface area (Å²) in [6.07, 6.45) is 5.80. The Morgan fingerprint density at radius 2 is 0.893 bits per heavy atom. The van der Waals surface area contributed by atoms with Gasteiger partial charge in [0, 0.05) is 11.4 Å². The van der Waals surface area contributed by atoms with Gasteiger partial charge < -0.3 is 20.9 Å². The van der Waals surface area contributed by atoms with Crippen LogP contribution in [0.4, 0.5) is 11.4 Å². The first kappa shape index (κ1) is 21.3. The van der Waals surface area contributed by atoms with E-state index in [1.54, 1.807) is 48.5 Å². The van der Waals surface area contributed by atoms with E-state index in [0.717, 1.165) is 38.5 Å². The number of carbonyl (C=O) groups excluding carboxylic acids is 2. The quantitative estimate of drug-likeness (QED) is 0.342. The molecule has 0 saturated carbocycles. The zero-order valence-electron chi connectivity index (χ0n) is 16.1. The first-order valence-corrected chi connectivity index (χ1v) is 9.61. The first-order chi connectivity index (χ1) is 13.6. The highest BCUT2D eigenvalue weighted by atomic mass is 16.5. The number of anilines is 2. The van der Waals surface area contributed by atoms with Gasteiger partial charge in [0.1, 0.15) is 0 Å². The van der Waals surface area contributed by atoms with E-state index in [-0.39, 0.29) is 11.9 Å². The summed E-state index contributed by atoms with van der Waals surface area (Å²) in [5.74, 6) is -0.633. The van der Waals surface area contributed by atoms with Crippen LogP contribution in [0.25, 0.3) is 0 Å². The number of hydrogen-bond donors (Lipinski definition) is 2. The van der Waals surface area contributed by atoms with Crippen LogP contribution in [0, 0.1) is 0 Å². The number of rotatable bonds is 11. The summed E-state index contributed by atoms with van der Waals surface area (Å²) in [6.45, 7) is 0.838. The largest absolute Gasteiger partial charge is 0.462 e. The molecule has 150 valence electrons. The van der Waals surface area contributed by atoms with E-state index < -0.39 is 0 Å². The van der Waals surface area contributed by atoms with E-state index in [0.29, 0.717) is 35.7 Å². The maximum absolute atomic E-state index is 11.8. The molecule has 0 saturated heterocycles. The van der Waals surface area contributed by atoms with Gasteiger partial charge in [0.25, 0.3) is 0 Å². The van der Waals surface area contributed by atoms with E-state index in [4.69, 9.17) is 20.9 Å².